The number of piperidine rings is 6. The standard InChI is InChI=1S/2C20H31NO3.4C19H29NO3/c2*1-20(2,3)11-14-12-21-7-6-13-8-18(23-4)19(24-5)9-15(13)16(21)10-17(14)22;4*1-12(2)7-14-11-20-6-5-13-8-18(22-3)19(23-4)9-15(13)16(20)10-17(14)21/h2*8-9,14,16-17,22H,6-7,10-12H2,1-5H3;4*8-9,12,14,16-17,21H,5-7,10-11H2,1-4H3/i1D3,2D3,10D2,11D2,12D2,14D,17D;1D3,2D3,5D3,11D2,12D2;4D3,10D2,11D2,14D,17D;2*10D2,11D2,14D,17D;4D3,11D2. The van der Waals surface area contributed by atoms with E-state index in [2.05, 4.69) is 0 Å². The maximum absolute atomic E-state index is 11.5. The quantitative estimate of drug-likeness (QED) is 0.0369. The summed E-state index contributed by atoms with van der Waals surface area (Å²) in [6, 6.07) is 11.8. The lowest BCUT2D eigenvalue weighted by atomic mass is 9.75. The van der Waals surface area contributed by atoms with Gasteiger partial charge in [-0.15, -0.1) is 0 Å². The second-order valence-corrected chi connectivity index (χ2v) is 38.6. The Balaban J connectivity index is 0.000000187. The topological polar surface area (TPSA) is 252 Å². The molecule has 0 spiro atoms. The van der Waals surface area contributed by atoms with Crippen LogP contribution in [0.25, 0.3) is 0 Å². The normalized spacial score (nSPS) is 41.6. The Morgan fingerprint density at radius 1 is 0.300 bits per heavy atom. The van der Waals surface area contributed by atoms with Crippen molar-refractivity contribution in [2.45, 2.75) is 285 Å². The second kappa shape index (κ2) is 48.6. The van der Waals surface area contributed by atoms with Gasteiger partial charge in [0, 0.05) is 169 Å². The van der Waals surface area contributed by atoms with Crippen molar-refractivity contribution in [1.29, 1.82) is 0 Å². The number of hydrogen-bond acceptors (Lipinski definition) is 24. The molecule has 24 heteroatoms. The van der Waals surface area contributed by atoms with Crippen LogP contribution in [-0.4, -0.2) is 260 Å². The lowest BCUT2D eigenvalue weighted by molar-refractivity contribution is -0.0259. The van der Waals surface area contributed by atoms with Crippen LogP contribution in [0.4, 0.5) is 0 Å². The van der Waals surface area contributed by atoms with Gasteiger partial charge in [0.15, 0.2) is 69.0 Å². The summed E-state index contributed by atoms with van der Waals surface area (Å²) in [5, 5.41) is 66.6. The molecule has 24 nitrogen and oxygen atoms in total. The molecule has 6 aromatic rings. The van der Waals surface area contributed by atoms with Crippen LogP contribution < -0.4 is 56.8 Å². The van der Waals surface area contributed by atoms with Gasteiger partial charge in [0.1, 0.15) is 0 Å². The largest absolute Gasteiger partial charge is 0.493 e. The van der Waals surface area contributed by atoms with Crippen molar-refractivity contribution in [2.75, 3.05) is 163 Å². The molecule has 0 amide bonds. The van der Waals surface area contributed by atoms with Crippen LogP contribution in [0.2, 0.25) is 0 Å². The van der Waals surface area contributed by atoms with E-state index in [4.69, 9.17) is 129 Å². The first-order valence-corrected chi connectivity index (χ1v) is 47.5. The Labute approximate surface area is 914 Å². The first-order valence-electron chi connectivity index (χ1n) is 74.0. The second-order valence-electron chi connectivity index (χ2n) is 38.6. The lowest BCUT2D eigenvalue weighted by Gasteiger charge is -2.47. The summed E-state index contributed by atoms with van der Waals surface area (Å²) in [4.78, 5) is 7.64. The minimum Gasteiger partial charge on any atom is -0.493 e. The highest BCUT2D eigenvalue weighted by Crippen LogP contribution is 2.53. The summed E-state index contributed by atoms with van der Waals surface area (Å²) in [5.74, 6) is -11.5. The van der Waals surface area contributed by atoms with E-state index in [1.165, 1.54) is 114 Å². The van der Waals surface area contributed by atoms with Crippen molar-refractivity contribution < 1.29 is 160 Å². The van der Waals surface area contributed by atoms with Gasteiger partial charge in [0.25, 0.3) is 0 Å². The Morgan fingerprint density at radius 3 is 0.764 bits per heavy atom. The summed E-state index contributed by atoms with van der Waals surface area (Å²) in [5.41, 5.74) is 0.128. The number of fused-ring (bicyclic) bond motifs is 18. The molecule has 6 aromatic carbocycles. The highest BCUT2D eigenvalue weighted by molar-refractivity contribution is 5.55. The molecule has 18 atom stereocenters. The highest BCUT2D eigenvalue weighted by atomic mass is 16.5. The molecule has 18 unspecified atom stereocenters. The van der Waals surface area contributed by atoms with Crippen molar-refractivity contribution in [3.05, 3.63) is 140 Å². The molecule has 0 aromatic heterocycles. The van der Waals surface area contributed by atoms with E-state index in [0.717, 1.165) is 34.1 Å². The van der Waals surface area contributed by atoms with E-state index < -0.39 is 239 Å². The summed E-state index contributed by atoms with van der Waals surface area (Å²) >= 11 is 0. The molecule has 0 saturated carbocycles. The highest BCUT2D eigenvalue weighted by Gasteiger charge is 2.47. The third kappa shape index (κ3) is 26.3. The van der Waals surface area contributed by atoms with Gasteiger partial charge in [-0.1, -0.05) is 96.6 Å². The van der Waals surface area contributed by atoms with Crippen LogP contribution in [0.15, 0.2) is 72.8 Å². The molecule has 18 rings (SSSR count). The maximum atomic E-state index is 11.5. The van der Waals surface area contributed by atoms with Gasteiger partial charge in [-0.3, -0.25) is 29.4 Å². The third-order valence-electron chi connectivity index (χ3n) is 26.2. The van der Waals surface area contributed by atoms with Crippen molar-refractivity contribution >= 4 is 0 Å². The summed E-state index contributed by atoms with van der Waals surface area (Å²) in [7, 11) is 4.53. The third-order valence-corrected chi connectivity index (χ3v) is 26.2. The molecule has 140 heavy (non-hydrogen) atoms. The van der Waals surface area contributed by atoms with E-state index in [9.17, 15) is 30.6 Å². The molecular weight excluding hydrogens is 1770 g/mol. The van der Waals surface area contributed by atoms with E-state index in [1.54, 1.807) is 84.0 Å². The fourth-order valence-corrected chi connectivity index (χ4v) is 19.7. The summed E-state index contributed by atoms with van der Waals surface area (Å²) < 4.78 is 504. The molecular formula is C116H178N6O18. The van der Waals surface area contributed by atoms with E-state index in [1.807, 2.05) is 18.7 Å². The van der Waals surface area contributed by atoms with Crippen molar-refractivity contribution in [2.24, 2.45) is 69.9 Å². The van der Waals surface area contributed by atoms with Gasteiger partial charge in [-0.25, -0.2) is 0 Å². The van der Waals surface area contributed by atoms with E-state index in [-0.39, 0.29) is 159 Å². The minimum absolute atomic E-state index is 0.0433. The first-order chi connectivity index (χ1) is 87.2. The van der Waals surface area contributed by atoms with Crippen molar-refractivity contribution in [1.82, 2.24) is 29.4 Å². The Morgan fingerprint density at radius 2 is 0.514 bits per heavy atom. The molecule has 12 aliphatic heterocycles. The van der Waals surface area contributed by atoms with Crippen molar-refractivity contribution in [3.63, 3.8) is 0 Å². The van der Waals surface area contributed by atoms with Gasteiger partial charge < -0.3 is 87.5 Å². The average molecular weight is 2000 g/mol. The van der Waals surface area contributed by atoms with E-state index >= 15 is 0 Å². The lowest BCUT2D eigenvalue weighted by Crippen LogP contribution is -2.48. The number of aliphatic hydroxyl groups excluding tert-OH is 2. The molecule has 6 N–H and O–H groups in total. The molecule has 12 heterocycles. The smallest absolute Gasteiger partial charge is 0.161 e. The van der Waals surface area contributed by atoms with Gasteiger partial charge in [0.2, 0.25) is 0 Å². The number of methoxy groups -OCH3 is 12. The molecule has 12 aliphatic rings. The maximum Gasteiger partial charge on any atom is 0.161 e. The number of ether oxygens (including phenoxy) is 12. The molecule has 780 valence electrons. The molecule has 0 radical (unpaired) electrons. The van der Waals surface area contributed by atoms with E-state index in [0.29, 0.717) is 108 Å². The number of rotatable bonds is 22. The Hall–Kier alpha value is -7.56. The molecule has 6 saturated heterocycles. The zero-order chi connectivity index (χ0) is 148. The average Bonchev–Trinajstić information content (AvgIpc) is 0.631. The number of nitrogens with zero attached hydrogens (tertiary/aromatic N) is 6. The van der Waals surface area contributed by atoms with Gasteiger partial charge in [0.05, 0.1) is 139 Å². The molecule has 0 aliphatic carbocycles. The predicted molar refractivity (Wildman–Crippen MR) is 556 cm³/mol. The fourth-order valence-electron chi connectivity index (χ4n) is 19.7. The van der Waals surface area contributed by atoms with Crippen LogP contribution >= 0.6 is 0 Å². The van der Waals surface area contributed by atoms with Gasteiger partial charge >= 0.3 is 0 Å². The van der Waals surface area contributed by atoms with Crippen LogP contribution in [0.3, 0.4) is 0 Å². The van der Waals surface area contributed by atoms with Gasteiger partial charge in [-0.2, -0.15) is 0 Å². The summed E-state index contributed by atoms with van der Waals surface area (Å²) in [6.45, 7) is -12.8. The minimum atomic E-state index is -4.02. The number of aliphatic hydroxyl groups is 6. The van der Waals surface area contributed by atoms with Crippen molar-refractivity contribution in [3.8, 4) is 69.0 Å². The fraction of sp³-hybridized carbons (Fsp3) is 0.690. The molecule has 0 bridgehead atoms. The zero-order valence-electron chi connectivity index (χ0n) is 137. The zero-order valence-corrected chi connectivity index (χ0v) is 83.5. The Bertz CT molecular complexity index is 7390. The van der Waals surface area contributed by atoms with Gasteiger partial charge in [-0.05, 0) is 325 Å². The number of benzene rings is 6. The summed E-state index contributed by atoms with van der Waals surface area (Å²) in [6.07, 6.45) is -31.8. The van der Waals surface area contributed by atoms with Crippen LogP contribution in [0.5, 0.6) is 69.0 Å². The molecule has 6 fully saturated rings. The van der Waals surface area contributed by atoms with Crippen LogP contribution in [-0.2, 0) is 38.5 Å². The Kier molecular flexibility index (Phi) is 20.4. The first kappa shape index (κ1) is 58.7. The SMILES string of the molecule is [2H]C([2H])([2H])C(C)(C([2H])([2H])[2H])C([2H])([2H])C1([2H])C([2H])([2H])N2CCc3cc(OC)c(OC)cc3C2C([2H])([2H])C1([2H])O.[2H]C([2H])([2H])Oc1cc2c(cc1OC)CCN1C2C([2H])([2H])C([2H])(O)C([2H])(CC(C)C)C1([2H])[2H].[2H]C([2H])([2H])Oc1cc2c(cc1OC)CCN1C2CC(O)C(C([2H])([2H])C(C)(C([2H])([2H])[2H])C([2H])([2H])[2H])C1([2H])[2H].[2H]C([2H])([2H])Oc1cc2c(cc1OC)CCN1C2CC(O)C(CC(C)C)C1([2H])[2H].[2H]C1([2H])C2c3cc(OC)c(OC)cc3CCN2C([2H])([2H])C([2H])(CC(C)C)C1([2H])O.[2H]C1([2H])C2c3cc(OC)c(OC)cc3CCN2C([2H])([2H])C([2H])(CC(C)C)C1([2H])O. The predicted octanol–water partition coefficient (Wildman–Crippen LogP) is 19.0. The monoisotopic (exact) mass is 2000 g/mol. The van der Waals surface area contributed by atoms with Crippen LogP contribution in [0.1, 0.15) is 349 Å². The number of hydrogen-bond donors (Lipinski definition) is 6. The van der Waals surface area contributed by atoms with Crippen LogP contribution in [0, 0.1) is 69.9 Å².